The maximum atomic E-state index is 13.9. The molecule has 3 N–H and O–H groups in total. The molecule has 40 heavy (non-hydrogen) atoms. The number of nitrogens with zero attached hydrogens (tertiary/aromatic N) is 2. The zero-order chi connectivity index (χ0) is 28.8. The first-order chi connectivity index (χ1) is 19.2. The highest BCUT2D eigenvalue weighted by Crippen LogP contribution is 2.36. The van der Waals surface area contributed by atoms with Crippen LogP contribution in [-0.4, -0.2) is 76.9 Å². The average Bonchev–Trinajstić information content (AvgIpc) is 3.28. The van der Waals surface area contributed by atoms with E-state index in [9.17, 15) is 19.5 Å². The van der Waals surface area contributed by atoms with E-state index in [4.69, 9.17) is 33.7 Å². The van der Waals surface area contributed by atoms with Crippen LogP contribution in [-0.2, 0) is 27.2 Å². The van der Waals surface area contributed by atoms with Crippen LogP contribution in [0.4, 0.5) is 0 Å². The normalized spacial score (nSPS) is 22.1. The summed E-state index contributed by atoms with van der Waals surface area (Å²) in [4.78, 5) is 42.9. The highest BCUT2D eigenvalue weighted by molar-refractivity contribution is 6.43. The molecule has 2 aromatic carbocycles. The van der Waals surface area contributed by atoms with Crippen molar-refractivity contribution in [3.05, 3.63) is 63.6 Å². The van der Waals surface area contributed by atoms with Crippen LogP contribution in [0.25, 0.3) is 0 Å². The molecule has 2 aliphatic heterocycles. The zero-order valence-electron chi connectivity index (χ0n) is 22.7. The Balaban J connectivity index is 1.53. The monoisotopic (exact) mass is 589 g/mol. The van der Waals surface area contributed by atoms with E-state index in [2.05, 4.69) is 17.0 Å². The molecule has 0 saturated carbocycles. The van der Waals surface area contributed by atoms with Gasteiger partial charge in [-0.05, 0) is 55.7 Å². The summed E-state index contributed by atoms with van der Waals surface area (Å²) >= 11 is 12.4. The van der Waals surface area contributed by atoms with Gasteiger partial charge in [0.1, 0.15) is 10.8 Å². The predicted molar refractivity (Wildman–Crippen MR) is 155 cm³/mol. The Morgan fingerprint density at radius 2 is 1.88 bits per heavy atom. The molecule has 0 spiro atoms. The van der Waals surface area contributed by atoms with Crippen molar-refractivity contribution < 1.29 is 24.2 Å². The van der Waals surface area contributed by atoms with Crippen molar-refractivity contribution in [2.45, 2.75) is 75.5 Å². The number of carboxylic acid groups (broad SMARTS) is 1. The van der Waals surface area contributed by atoms with Gasteiger partial charge in [-0.3, -0.25) is 19.3 Å². The number of amides is 1. The summed E-state index contributed by atoms with van der Waals surface area (Å²) in [6.45, 7) is 1.03. The van der Waals surface area contributed by atoms with Crippen LogP contribution in [0.3, 0.4) is 0 Å². The van der Waals surface area contributed by atoms with Gasteiger partial charge in [0.25, 0.3) is 0 Å². The van der Waals surface area contributed by atoms with Gasteiger partial charge in [-0.25, -0.2) is 0 Å². The number of carbonyl (C=O) groups is 3. The Bertz CT molecular complexity index is 1210. The van der Waals surface area contributed by atoms with Gasteiger partial charge in [0, 0.05) is 38.0 Å². The molecule has 4 atom stereocenters. The summed E-state index contributed by atoms with van der Waals surface area (Å²) in [6.07, 6.45) is 3.26. The number of carbonyl (C=O) groups excluding carboxylic acids is 2. The standard InChI is InChI=1S/C30H37Cl2N3O5/c1-40-29-20(8-11-23(31)28(29)32)9-13-26(36)24(12-14-27(37)38)34-16-15-22(10-7-19-5-3-2-4-6-19)35-18-21(33)17-25(35)30(34)39/h2-6,8,11,21-22,24-25H,7,9-10,12-18,33H2,1H3,(H,37,38)/t21-,22?,24-,25+/m1/s1. The second-order valence-electron chi connectivity index (χ2n) is 10.7. The van der Waals surface area contributed by atoms with Crippen molar-refractivity contribution in [2.24, 2.45) is 5.73 Å². The summed E-state index contributed by atoms with van der Waals surface area (Å²) in [6, 6.07) is 12.4. The number of rotatable bonds is 12. The number of aryl methyl sites for hydroxylation is 2. The van der Waals surface area contributed by atoms with Crippen molar-refractivity contribution >= 4 is 40.9 Å². The number of carboxylic acids is 1. The molecule has 216 valence electrons. The lowest BCUT2D eigenvalue weighted by atomic mass is 9.97. The number of Topliss-reactive ketones (excluding diaryl/α,β-unsaturated/α-hetero) is 1. The van der Waals surface area contributed by atoms with Gasteiger partial charge in [-0.15, -0.1) is 0 Å². The molecule has 0 aliphatic carbocycles. The smallest absolute Gasteiger partial charge is 0.303 e. The number of ether oxygens (including phenoxy) is 1. The molecule has 8 nitrogen and oxygen atoms in total. The topological polar surface area (TPSA) is 113 Å². The first-order valence-electron chi connectivity index (χ1n) is 13.8. The van der Waals surface area contributed by atoms with E-state index in [1.807, 2.05) is 18.2 Å². The third-order valence-electron chi connectivity index (χ3n) is 8.08. The predicted octanol–water partition coefficient (Wildman–Crippen LogP) is 4.37. The Morgan fingerprint density at radius 1 is 1.12 bits per heavy atom. The van der Waals surface area contributed by atoms with Gasteiger partial charge in [-0.2, -0.15) is 0 Å². The van der Waals surface area contributed by atoms with E-state index in [-0.39, 0.29) is 48.1 Å². The molecule has 2 aliphatic rings. The zero-order valence-corrected chi connectivity index (χ0v) is 24.2. The second kappa shape index (κ2) is 13.8. The number of hydrogen-bond acceptors (Lipinski definition) is 6. The lowest BCUT2D eigenvalue weighted by Crippen LogP contribution is -2.50. The minimum absolute atomic E-state index is 0.0614. The van der Waals surface area contributed by atoms with Crippen molar-refractivity contribution in [1.29, 1.82) is 0 Å². The molecule has 10 heteroatoms. The van der Waals surface area contributed by atoms with Crippen LogP contribution in [0.5, 0.6) is 5.75 Å². The number of methoxy groups -OCH3 is 1. The lowest BCUT2D eigenvalue weighted by Gasteiger charge is -2.32. The maximum Gasteiger partial charge on any atom is 0.303 e. The number of ketones is 1. The van der Waals surface area contributed by atoms with E-state index < -0.39 is 18.1 Å². The first kappa shape index (κ1) is 30.3. The molecule has 2 saturated heterocycles. The summed E-state index contributed by atoms with van der Waals surface area (Å²) in [5.41, 5.74) is 8.29. The molecule has 1 amide bonds. The molecule has 2 aromatic rings. The highest BCUT2D eigenvalue weighted by Gasteiger charge is 2.45. The van der Waals surface area contributed by atoms with Gasteiger partial charge < -0.3 is 20.5 Å². The minimum atomic E-state index is -1.00. The molecule has 2 fully saturated rings. The molecular formula is C30H37Cl2N3O5. The number of halogens is 2. The summed E-state index contributed by atoms with van der Waals surface area (Å²) in [5, 5.41) is 10.0. The second-order valence-corrected chi connectivity index (χ2v) is 11.5. The van der Waals surface area contributed by atoms with E-state index in [1.54, 1.807) is 17.0 Å². The number of fused-ring (bicyclic) bond motifs is 1. The van der Waals surface area contributed by atoms with Crippen LogP contribution in [0.1, 0.15) is 49.7 Å². The molecule has 2 heterocycles. The fourth-order valence-corrected chi connectivity index (χ4v) is 6.47. The molecule has 0 aromatic heterocycles. The number of benzene rings is 2. The number of aliphatic carboxylic acids is 1. The van der Waals surface area contributed by atoms with E-state index in [0.717, 1.165) is 18.4 Å². The molecule has 0 radical (unpaired) electrons. The number of hydrogen-bond donors (Lipinski definition) is 2. The summed E-state index contributed by atoms with van der Waals surface area (Å²) in [5.74, 6) is -0.909. The highest BCUT2D eigenvalue weighted by atomic mass is 35.5. The van der Waals surface area contributed by atoms with Crippen molar-refractivity contribution in [2.75, 3.05) is 20.2 Å². The summed E-state index contributed by atoms with van der Waals surface area (Å²) in [7, 11) is 1.49. The van der Waals surface area contributed by atoms with Crippen LogP contribution in [0.2, 0.25) is 10.0 Å². The van der Waals surface area contributed by atoms with Crippen LogP contribution in [0, 0.1) is 0 Å². The third-order valence-corrected chi connectivity index (χ3v) is 8.86. The van der Waals surface area contributed by atoms with E-state index >= 15 is 0 Å². The Kier molecular flexibility index (Phi) is 10.5. The fraction of sp³-hybridized carbons (Fsp3) is 0.500. The lowest BCUT2D eigenvalue weighted by molar-refractivity contribution is -0.144. The Labute approximate surface area is 245 Å². The van der Waals surface area contributed by atoms with Crippen LogP contribution < -0.4 is 10.5 Å². The van der Waals surface area contributed by atoms with Crippen molar-refractivity contribution in [3.8, 4) is 5.75 Å². The third kappa shape index (κ3) is 7.16. The molecule has 1 unspecified atom stereocenters. The van der Waals surface area contributed by atoms with E-state index in [0.29, 0.717) is 43.1 Å². The fourth-order valence-electron chi connectivity index (χ4n) is 6.06. The molecule has 4 rings (SSSR count). The quantitative estimate of drug-likeness (QED) is 0.378. The van der Waals surface area contributed by atoms with Crippen molar-refractivity contribution in [1.82, 2.24) is 9.80 Å². The molecular weight excluding hydrogens is 553 g/mol. The van der Waals surface area contributed by atoms with Gasteiger partial charge in [0.15, 0.2) is 5.78 Å². The maximum absolute atomic E-state index is 13.9. The minimum Gasteiger partial charge on any atom is -0.495 e. The van der Waals surface area contributed by atoms with Gasteiger partial charge in [0.2, 0.25) is 5.91 Å². The van der Waals surface area contributed by atoms with E-state index in [1.165, 1.54) is 12.7 Å². The van der Waals surface area contributed by atoms with Crippen LogP contribution >= 0.6 is 23.2 Å². The molecule has 0 bridgehead atoms. The van der Waals surface area contributed by atoms with Crippen LogP contribution in [0.15, 0.2) is 42.5 Å². The number of nitrogens with two attached hydrogens (primary N) is 1. The van der Waals surface area contributed by atoms with Gasteiger partial charge >= 0.3 is 5.97 Å². The van der Waals surface area contributed by atoms with Gasteiger partial charge in [-0.1, -0.05) is 59.6 Å². The summed E-state index contributed by atoms with van der Waals surface area (Å²) < 4.78 is 5.42. The first-order valence-corrected chi connectivity index (χ1v) is 14.6. The van der Waals surface area contributed by atoms with Gasteiger partial charge in [0.05, 0.1) is 24.2 Å². The Hall–Kier alpha value is -2.65. The average molecular weight is 591 g/mol. The van der Waals surface area contributed by atoms with Crippen molar-refractivity contribution in [3.63, 3.8) is 0 Å². The largest absolute Gasteiger partial charge is 0.495 e. The SMILES string of the molecule is COc1c(CCC(=O)[C@@H](CCC(=O)O)N2CCC(CCc3ccccc3)N3C[C@H](N)C[C@H]3C2=O)ccc(Cl)c1Cl. The Morgan fingerprint density at radius 3 is 2.58 bits per heavy atom.